The Morgan fingerprint density at radius 2 is 1.84 bits per heavy atom. The topological polar surface area (TPSA) is 96.5 Å². The minimum absolute atomic E-state index is 0.0251. The van der Waals surface area contributed by atoms with Gasteiger partial charge in [-0.1, -0.05) is 6.07 Å². The largest absolute Gasteiger partial charge is 0.376 e. The lowest BCUT2D eigenvalue weighted by Crippen LogP contribution is -2.47. The van der Waals surface area contributed by atoms with Gasteiger partial charge in [0, 0.05) is 31.5 Å². The number of hydrogen-bond acceptors (Lipinski definition) is 4. The second kappa shape index (κ2) is 8.11. The van der Waals surface area contributed by atoms with Crippen molar-refractivity contribution in [1.82, 2.24) is 5.32 Å². The van der Waals surface area contributed by atoms with Gasteiger partial charge in [0.15, 0.2) is 0 Å². The molecule has 7 nitrogen and oxygen atoms in total. The Morgan fingerprint density at radius 3 is 2.44 bits per heavy atom. The van der Waals surface area contributed by atoms with Crippen LogP contribution in [0.25, 0.3) is 0 Å². The van der Waals surface area contributed by atoms with Gasteiger partial charge in [0.2, 0.25) is 17.7 Å². The van der Waals surface area contributed by atoms with Crippen LogP contribution >= 0.6 is 0 Å². The van der Waals surface area contributed by atoms with E-state index in [0.717, 1.165) is 19.4 Å². The maximum atomic E-state index is 12.5. The number of amides is 3. The van der Waals surface area contributed by atoms with E-state index in [1.165, 1.54) is 6.92 Å². The number of anilines is 2. The SMILES string of the molecule is CC(=O)Nc1cccc(NC(=O)C(C)(C)C(=O)NCC2CCCO2)c1. The van der Waals surface area contributed by atoms with Crippen LogP contribution in [0.15, 0.2) is 24.3 Å². The molecular weight excluding hydrogens is 322 g/mol. The predicted octanol–water partition coefficient (Wildman–Crippen LogP) is 1.90. The number of ether oxygens (including phenoxy) is 1. The minimum Gasteiger partial charge on any atom is -0.376 e. The van der Waals surface area contributed by atoms with Crippen molar-refractivity contribution >= 4 is 29.1 Å². The second-order valence-electron chi connectivity index (χ2n) is 6.69. The van der Waals surface area contributed by atoms with Crippen molar-refractivity contribution in [2.75, 3.05) is 23.8 Å². The third kappa shape index (κ3) is 5.29. The molecule has 3 amide bonds. The summed E-state index contributed by atoms with van der Waals surface area (Å²) in [5.74, 6) is -0.965. The van der Waals surface area contributed by atoms with E-state index in [1.807, 2.05) is 0 Å². The number of rotatable bonds is 6. The maximum absolute atomic E-state index is 12.5. The molecule has 0 radical (unpaired) electrons. The lowest BCUT2D eigenvalue weighted by Gasteiger charge is -2.23. The highest BCUT2D eigenvalue weighted by Gasteiger charge is 2.36. The summed E-state index contributed by atoms with van der Waals surface area (Å²) in [7, 11) is 0. The van der Waals surface area contributed by atoms with Gasteiger partial charge in [-0.3, -0.25) is 14.4 Å². The molecule has 0 saturated carbocycles. The summed E-state index contributed by atoms with van der Waals surface area (Å²) < 4.78 is 5.47. The van der Waals surface area contributed by atoms with Gasteiger partial charge in [0.1, 0.15) is 5.41 Å². The maximum Gasteiger partial charge on any atom is 0.239 e. The highest BCUT2D eigenvalue weighted by Crippen LogP contribution is 2.21. The van der Waals surface area contributed by atoms with E-state index >= 15 is 0 Å². The number of nitrogens with one attached hydrogen (secondary N) is 3. The van der Waals surface area contributed by atoms with Crippen molar-refractivity contribution in [3.05, 3.63) is 24.3 Å². The summed E-state index contributed by atoms with van der Waals surface area (Å²) >= 11 is 0. The standard InChI is InChI=1S/C18H25N3O4/c1-12(22)20-13-6-4-7-14(10-13)21-17(24)18(2,3)16(23)19-11-15-8-5-9-25-15/h4,6-7,10,15H,5,8-9,11H2,1-3H3,(H,19,23)(H,20,22)(H,21,24). The molecule has 1 atom stereocenters. The smallest absolute Gasteiger partial charge is 0.239 e. The first-order valence-electron chi connectivity index (χ1n) is 8.38. The highest BCUT2D eigenvalue weighted by molar-refractivity contribution is 6.10. The predicted molar refractivity (Wildman–Crippen MR) is 95.1 cm³/mol. The monoisotopic (exact) mass is 347 g/mol. The van der Waals surface area contributed by atoms with Crippen molar-refractivity contribution in [3.63, 3.8) is 0 Å². The van der Waals surface area contributed by atoms with Crippen molar-refractivity contribution in [2.24, 2.45) is 5.41 Å². The zero-order valence-electron chi connectivity index (χ0n) is 14.8. The molecule has 0 bridgehead atoms. The van der Waals surface area contributed by atoms with Crippen LogP contribution in [0.3, 0.4) is 0 Å². The number of carbonyl (C=O) groups is 3. The van der Waals surface area contributed by atoms with Crippen LogP contribution in [0.1, 0.15) is 33.6 Å². The van der Waals surface area contributed by atoms with Gasteiger partial charge in [0.25, 0.3) is 0 Å². The zero-order valence-corrected chi connectivity index (χ0v) is 14.8. The first-order chi connectivity index (χ1) is 11.8. The summed E-state index contributed by atoms with van der Waals surface area (Å²) in [6.07, 6.45) is 1.94. The van der Waals surface area contributed by atoms with Crippen molar-refractivity contribution < 1.29 is 19.1 Å². The van der Waals surface area contributed by atoms with Crippen molar-refractivity contribution in [1.29, 1.82) is 0 Å². The average molecular weight is 347 g/mol. The quantitative estimate of drug-likeness (QED) is 0.685. The molecule has 1 heterocycles. The molecule has 0 spiro atoms. The lowest BCUT2D eigenvalue weighted by atomic mass is 9.90. The highest BCUT2D eigenvalue weighted by atomic mass is 16.5. The molecule has 3 N–H and O–H groups in total. The number of benzene rings is 1. The fourth-order valence-corrected chi connectivity index (χ4v) is 2.50. The molecule has 2 rings (SSSR count). The molecule has 1 aromatic rings. The minimum atomic E-state index is -1.23. The Morgan fingerprint density at radius 1 is 1.16 bits per heavy atom. The van der Waals surface area contributed by atoms with E-state index in [9.17, 15) is 14.4 Å². The third-order valence-corrected chi connectivity index (χ3v) is 4.09. The molecule has 1 saturated heterocycles. The molecule has 7 heteroatoms. The molecular formula is C18H25N3O4. The molecule has 1 aliphatic rings. The Labute approximate surface area is 147 Å². The zero-order chi connectivity index (χ0) is 18.4. The van der Waals surface area contributed by atoms with E-state index in [0.29, 0.717) is 17.9 Å². The van der Waals surface area contributed by atoms with Gasteiger partial charge in [-0.15, -0.1) is 0 Å². The van der Waals surface area contributed by atoms with Crippen LogP contribution in [0.5, 0.6) is 0 Å². The Balaban J connectivity index is 1.95. The number of hydrogen-bond donors (Lipinski definition) is 3. The van der Waals surface area contributed by atoms with Gasteiger partial charge < -0.3 is 20.7 Å². The normalized spacial score (nSPS) is 17.0. The number of carbonyl (C=O) groups excluding carboxylic acids is 3. The van der Waals surface area contributed by atoms with Crippen LogP contribution in [0.2, 0.25) is 0 Å². The summed E-state index contributed by atoms with van der Waals surface area (Å²) in [6.45, 7) is 5.69. The molecule has 1 fully saturated rings. The Hall–Kier alpha value is -2.41. The van der Waals surface area contributed by atoms with E-state index < -0.39 is 11.3 Å². The fraction of sp³-hybridized carbons (Fsp3) is 0.500. The van der Waals surface area contributed by atoms with E-state index in [1.54, 1.807) is 38.1 Å². The van der Waals surface area contributed by atoms with Crippen LogP contribution in [0, 0.1) is 5.41 Å². The first kappa shape index (κ1) is 18.9. The molecule has 1 aromatic carbocycles. The average Bonchev–Trinajstić information content (AvgIpc) is 3.05. The van der Waals surface area contributed by atoms with Crippen molar-refractivity contribution in [3.8, 4) is 0 Å². The van der Waals surface area contributed by atoms with Gasteiger partial charge in [0.05, 0.1) is 6.10 Å². The van der Waals surface area contributed by atoms with Crippen LogP contribution < -0.4 is 16.0 Å². The van der Waals surface area contributed by atoms with Gasteiger partial charge >= 0.3 is 0 Å². The Kier molecular flexibility index (Phi) is 6.14. The van der Waals surface area contributed by atoms with Gasteiger partial charge in [-0.05, 0) is 44.9 Å². The van der Waals surface area contributed by atoms with E-state index in [2.05, 4.69) is 16.0 Å². The lowest BCUT2D eigenvalue weighted by molar-refractivity contribution is -0.138. The Bertz CT molecular complexity index is 651. The third-order valence-electron chi connectivity index (χ3n) is 4.09. The molecule has 1 unspecified atom stereocenters. The summed E-state index contributed by atoms with van der Waals surface area (Å²) in [5.41, 5.74) is -0.148. The van der Waals surface area contributed by atoms with E-state index in [-0.39, 0.29) is 17.9 Å². The fourth-order valence-electron chi connectivity index (χ4n) is 2.50. The first-order valence-corrected chi connectivity index (χ1v) is 8.38. The van der Waals surface area contributed by atoms with Crippen molar-refractivity contribution in [2.45, 2.75) is 39.7 Å². The molecule has 25 heavy (non-hydrogen) atoms. The van der Waals surface area contributed by atoms with Crippen LogP contribution in [-0.4, -0.2) is 37.0 Å². The van der Waals surface area contributed by atoms with Crippen LogP contribution in [0.4, 0.5) is 11.4 Å². The molecule has 0 aromatic heterocycles. The summed E-state index contributed by atoms with van der Waals surface area (Å²) in [5, 5.41) is 8.16. The molecule has 1 aliphatic heterocycles. The molecule has 136 valence electrons. The summed E-state index contributed by atoms with van der Waals surface area (Å²) in [6, 6.07) is 6.77. The van der Waals surface area contributed by atoms with Crippen LogP contribution in [-0.2, 0) is 19.1 Å². The summed E-state index contributed by atoms with van der Waals surface area (Å²) in [4.78, 5) is 36.0. The van der Waals surface area contributed by atoms with E-state index in [4.69, 9.17) is 4.74 Å². The second-order valence-corrected chi connectivity index (χ2v) is 6.69. The molecule has 0 aliphatic carbocycles. The van der Waals surface area contributed by atoms with Gasteiger partial charge in [-0.2, -0.15) is 0 Å². The van der Waals surface area contributed by atoms with Gasteiger partial charge in [-0.25, -0.2) is 0 Å².